The number of unbranched alkanes of at least 4 members (excludes halogenated alkanes) is 1. The number of rotatable bonds is 23. The van der Waals surface area contributed by atoms with Crippen molar-refractivity contribution in [3.8, 4) is 61.7 Å². The molecule has 0 spiro atoms. The molecule has 0 unspecified atom stereocenters. The molecule has 0 aliphatic carbocycles. The highest BCUT2D eigenvalue weighted by molar-refractivity contribution is 5.78. The molecular formula is C29H38N2O8. The van der Waals surface area contributed by atoms with E-state index in [1.807, 2.05) is 0 Å². The van der Waals surface area contributed by atoms with Gasteiger partial charge in [-0.3, -0.25) is 9.59 Å². The molecule has 0 atom stereocenters. The molecule has 0 aromatic rings. The van der Waals surface area contributed by atoms with Gasteiger partial charge in [0.25, 0.3) is 0 Å². The lowest BCUT2D eigenvalue weighted by Gasteiger charge is -2.33. The minimum atomic E-state index is -1.21. The molecular weight excluding hydrogens is 504 g/mol. The fourth-order valence-electron chi connectivity index (χ4n) is 3.29. The molecule has 0 aromatic carbocycles. The Balaban J connectivity index is 5.02. The first-order chi connectivity index (χ1) is 18.9. The van der Waals surface area contributed by atoms with Crippen molar-refractivity contribution in [3.05, 3.63) is 0 Å². The zero-order valence-electron chi connectivity index (χ0n) is 22.3. The van der Waals surface area contributed by atoms with Crippen molar-refractivity contribution < 1.29 is 38.4 Å². The Bertz CT molecular complexity index is 859. The van der Waals surface area contributed by atoms with Gasteiger partial charge in [-0.2, -0.15) is 0 Å². The van der Waals surface area contributed by atoms with Gasteiger partial charge in [0.05, 0.1) is 39.6 Å². The zero-order valence-corrected chi connectivity index (χ0v) is 22.3. The second kappa shape index (κ2) is 22.5. The number of ether oxygens (including phenoxy) is 5. The average molecular weight is 543 g/mol. The lowest BCUT2D eigenvalue weighted by molar-refractivity contribution is -0.128. The van der Waals surface area contributed by atoms with Crippen LogP contribution in [-0.4, -0.2) is 101 Å². The second-order valence-electron chi connectivity index (χ2n) is 8.51. The predicted molar refractivity (Wildman–Crippen MR) is 146 cm³/mol. The van der Waals surface area contributed by atoms with Crippen LogP contribution in [0.4, 0.5) is 0 Å². The Morgan fingerprint density at radius 2 is 0.846 bits per heavy atom. The van der Waals surface area contributed by atoms with Gasteiger partial charge in [-0.05, 0) is 12.8 Å². The Hall–Kier alpha value is -3.50. The molecule has 0 saturated carbocycles. The van der Waals surface area contributed by atoms with Crippen molar-refractivity contribution in [1.29, 1.82) is 0 Å². The van der Waals surface area contributed by atoms with Gasteiger partial charge in [0.2, 0.25) is 11.8 Å². The van der Waals surface area contributed by atoms with Crippen molar-refractivity contribution >= 4 is 11.8 Å². The maximum Gasteiger partial charge on any atom is 0.220 e. The lowest BCUT2D eigenvalue weighted by Crippen LogP contribution is -2.58. The minimum absolute atomic E-state index is 0.00130. The number of carbonyl (C=O) groups is 2. The van der Waals surface area contributed by atoms with Gasteiger partial charge in [0.15, 0.2) is 0 Å². The predicted octanol–water partition coefficient (Wildman–Crippen LogP) is -0.502. The summed E-state index contributed by atoms with van der Waals surface area (Å²) in [5.74, 6) is 11.0. The Morgan fingerprint density at radius 1 is 0.564 bits per heavy atom. The van der Waals surface area contributed by atoms with E-state index < -0.39 is 17.7 Å². The number of carbonyl (C=O) groups excluding carboxylic acids is 2. The lowest BCUT2D eigenvalue weighted by atomic mass is 10.0. The van der Waals surface area contributed by atoms with Gasteiger partial charge < -0.3 is 39.4 Å². The molecule has 0 heterocycles. The molecule has 212 valence electrons. The number of hydrogen-bond donors (Lipinski definition) is 3. The number of amides is 2. The summed E-state index contributed by atoms with van der Waals surface area (Å²) in [6.45, 7) is -0.510. The Kier molecular flexibility index (Phi) is 20.5. The van der Waals surface area contributed by atoms with Crippen LogP contribution in [0.15, 0.2) is 0 Å². The van der Waals surface area contributed by atoms with Crippen molar-refractivity contribution in [1.82, 2.24) is 10.6 Å². The van der Waals surface area contributed by atoms with Crippen LogP contribution in [0.3, 0.4) is 0 Å². The summed E-state index contributed by atoms with van der Waals surface area (Å²) in [6, 6.07) is 0. The van der Waals surface area contributed by atoms with Gasteiger partial charge in [-0.25, -0.2) is 0 Å². The Morgan fingerprint density at radius 3 is 1.13 bits per heavy atom. The van der Waals surface area contributed by atoms with Gasteiger partial charge >= 0.3 is 0 Å². The van der Waals surface area contributed by atoms with Gasteiger partial charge in [0, 0.05) is 12.8 Å². The van der Waals surface area contributed by atoms with E-state index in [-0.39, 0.29) is 90.7 Å². The molecule has 10 nitrogen and oxygen atoms in total. The molecule has 3 N–H and O–H groups in total. The molecule has 0 rings (SSSR count). The molecule has 0 radical (unpaired) electrons. The van der Waals surface area contributed by atoms with E-state index in [0.717, 1.165) is 0 Å². The normalized spacial score (nSPS) is 10.8. The molecule has 0 aromatic heterocycles. The maximum absolute atomic E-state index is 12.8. The smallest absolute Gasteiger partial charge is 0.220 e. The number of hydrogen-bond acceptors (Lipinski definition) is 8. The highest BCUT2D eigenvalue weighted by Gasteiger charge is 2.34. The summed E-state index contributed by atoms with van der Waals surface area (Å²) < 4.78 is 27.0. The van der Waals surface area contributed by atoms with Gasteiger partial charge in [-0.1, -0.05) is 29.6 Å². The minimum Gasteiger partial charge on any atom is -0.394 e. The van der Waals surface area contributed by atoms with Crippen LogP contribution in [0.2, 0.25) is 0 Å². The molecule has 0 aliphatic heterocycles. The van der Waals surface area contributed by atoms with Crippen LogP contribution in [0.1, 0.15) is 25.7 Å². The summed E-state index contributed by atoms with van der Waals surface area (Å²) in [5.41, 5.74) is -2.28. The van der Waals surface area contributed by atoms with E-state index in [9.17, 15) is 14.7 Å². The summed E-state index contributed by atoms with van der Waals surface area (Å²) in [7, 11) is 0. The van der Waals surface area contributed by atoms with Crippen molar-refractivity contribution in [2.24, 2.45) is 0 Å². The third-order valence-electron chi connectivity index (χ3n) is 4.99. The molecule has 0 fully saturated rings. The van der Waals surface area contributed by atoms with Crippen molar-refractivity contribution in [2.45, 2.75) is 36.8 Å². The van der Waals surface area contributed by atoms with Crippen LogP contribution >= 0.6 is 0 Å². The topological polar surface area (TPSA) is 125 Å². The van der Waals surface area contributed by atoms with Crippen LogP contribution in [0.25, 0.3) is 0 Å². The summed E-state index contributed by atoms with van der Waals surface area (Å²) in [4.78, 5) is 25.4. The van der Waals surface area contributed by atoms with E-state index in [0.29, 0.717) is 12.8 Å². The van der Waals surface area contributed by atoms with E-state index in [1.54, 1.807) is 0 Å². The SMILES string of the molecule is C#CCOCC(CO)(COCC#C)NC(=O)CCCCC(=O)NC(COCC#C)(COCC#C)COCC#C. The molecule has 0 bridgehead atoms. The fourth-order valence-corrected chi connectivity index (χ4v) is 3.29. The number of aliphatic hydroxyl groups excluding tert-OH is 1. The summed E-state index contributed by atoms with van der Waals surface area (Å²) in [6.07, 6.45) is 27.2. The third kappa shape index (κ3) is 16.9. The largest absolute Gasteiger partial charge is 0.394 e. The van der Waals surface area contributed by atoms with Crippen LogP contribution in [0.5, 0.6) is 0 Å². The maximum atomic E-state index is 12.8. The average Bonchev–Trinajstić information content (AvgIpc) is 2.91. The highest BCUT2D eigenvalue weighted by Crippen LogP contribution is 2.12. The molecule has 39 heavy (non-hydrogen) atoms. The van der Waals surface area contributed by atoms with Crippen molar-refractivity contribution in [3.63, 3.8) is 0 Å². The van der Waals surface area contributed by atoms with Crippen LogP contribution < -0.4 is 10.6 Å². The fraction of sp³-hybridized carbons (Fsp3) is 0.586. The quantitative estimate of drug-likeness (QED) is 0.117. The third-order valence-corrected chi connectivity index (χ3v) is 4.99. The molecule has 2 amide bonds. The molecule has 0 saturated heterocycles. The second-order valence-corrected chi connectivity index (χ2v) is 8.51. The van der Waals surface area contributed by atoms with E-state index >= 15 is 0 Å². The van der Waals surface area contributed by atoms with Gasteiger partial charge in [0.1, 0.15) is 44.1 Å². The monoisotopic (exact) mass is 542 g/mol. The summed E-state index contributed by atoms with van der Waals surface area (Å²) >= 11 is 0. The molecule has 10 heteroatoms. The van der Waals surface area contributed by atoms with Crippen LogP contribution in [0, 0.1) is 61.7 Å². The number of aliphatic hydroxyl groups is 1. The van der Waals surface area contributed by atoms with Crippen molar-refractivity contribution in [2.75, 3.05) is 72.7 Å². The van der Waals surface area contributed by atoms with Gasteiger partial charge in [-0.15, -0.1) is 32.1 Å². The Labute approximate surface area is 232 Å². The van der Waals surface area contributed by atoms with E-state index in [2.05, 4.69) is 40.2 Å². The first-order valence-corrected chi connectivity index (χ1v) is 12.2. The first kappa shape index (κ1) is 35.5. The van der Waals surface area contributed by atoms with E-state index in [4.69, 9.17) is 55.8 Å². The zero-order chi connectivity index (χ0) is 29.2. The summed E-state index contributed by atoms with van der Waals surface area (Å²) in [5, 5.41) is 15.5. The molecule has 0 aliphatic rings. The number of terminal acetylenes is 5. The van der Waals surface area contributed by atoms with E-state index in [1.165, 1.54) is 0 Å². The number of nitrogens with one attached hydrogen (secondary N) is 2. The first-order valence-electron chi connectivity index (χ1n) is 12.2. The standard InChI is InChI=1S/C29H38N2O8/c1-6-15-35-21-28(20-32,22-36-16-7-2)30-26(33)13-11-12-14-27(34)31-29(23-37-17-8-3,24-38-18-9-4)25-39-19-10-5/h1-5,32H,11-25H2,(H,30,33)(H,31,34). The van der Waals surface area contributed by atoms with Crippen LogP contribution in [-0.2, 0) is 33.3 Å². The highest BCUT2D eigenvalue weighted by atomic mass is 16.5.